The molecule has 6 aromatic carbocycles. The summed E-state index contributed by atoms with van der Waals surface area (Å²) in [5, 5.41) is 0. The van der Waals surface area contributed by atoms with Crippen LogP contribution in [0.5, 0.6) is 0 Å². The Morgan fingerprint density at radius 2 is 0.863 bits per heavy atom. The van der Waals surface area contributed by atoms with Gasteiger partial charge in [-0.15, -0.1) is 0 Å². The number of hydrogen-bond donors (Lipinski definition) is 2. The zero-order valence-electron chi connectivity index (χ0n) is 27.6. The summed E-state index contributed by atoms with van der Waals surface area (Å²) in [5.74, 6) is 15.3. The Labute approximate surface area is 295 Å². The van der Waals surface area contributed by atoms with E-state index < -0.39 is 0 Å². The van der Waals surface area contributed by atoms with Gasteiger partial charge in [-0.1, -0.05) is 72.2 Å². The van der Waals surface area contributed by atoms with Crippen LogP contribution in [0.3, 0.4) is 0 Å². The number of aromatic nitrogens is 4. The van der Waals surface area contributed by atoms with E-state index in [1.54, 1.807) is 0 Å². The van der Waals surface area contributed by atoms with Crippen LogP contribution in [0, 0.1) is 23.7 Å². The maximum atomic E-state index is 4.72. The fourth-order valence-corrected chi connectivity index (χ4v) is 7.13. The van der Waals surface area contributed by atoms with E-state index in [1.807, 2.05) is 48.5 Å². The molecule has 0 atom stereocenters. The third-order valence-corrected chi connectivity index (χ3v) is 9.70. The first-order chi connectivity index (χ1) is 25.2. The van der Waals surface area contributed by atoms with Crippen LogP contribution in [0.15, 0.2) is 133 Å². The van der Waals surface area contributed by atoms with Gasteiger partial charge < -0.3 is 19.8 Å². The highest BCUT2D eigenvalue weighted by atomic mass is 15.4. The fourth-order valence-electron chi connectivity index (χ4n) is 7.13. The molecular weight excluding hydrogens is 625 g/mol. The molecule has 0 unspecified atom stereocenters. The first-order valence-electron chi connectivity index (χ1n) is 17.1. The minimum absolute atomic E-state index is 0.850. The van der Waals surface area contributed by atoms with Crippen LogP contribution in [0.2, 0.25) is 0 Å². The summed E-state index contributed by atoms with van der Waals surface area (Å²) in [4.78, 5) is 21.1. The normalized spacial score (nSPS) is 12.9. The molecule has 2 N–H and O–H groups in total. The van der Waals surface area contributed by atoms with Crippen molar-refractivity contribution in [1.29, 1.82) is 0 Å². The van der Waals surface area contributed by atoms with Crippen molar-refractivity contribution in [2.24, 2.45) is 0 Å². The van der Waals surface area contributed by atoms with E-state index in [9.17, 15) is 0 Å². The number of imidazole rings is 2. The largest absolute Gasteiger partial charge is 0.349 e. The minimum atomic E-state index is 0.850. The second kappa shape index (κ2) is 11.8. The van der Waals surface area contributed by atoms with Crippen LogP contribution in [-0.2, 0) is 13.1 Å². The number of nitrogens with zero attached hydrogens (tertiary/aromatic N) is 4. The summed E-state index contributed by atoms with van der Waals surface area (Å²) < 4.78 is 0. The number of H-pyrrole nitrogens is 2. The summed E-state index contributed by atoms with van der Waals surface area (Å²) in [6, 6.07) is 45.9. The number of rotatable bonds is 2. The average Bonchev–Trinajstić information content (AvgIpc) is 3.82. The lowest BCUT2D eigenvalue weighted by atomic mass is 9.98. The second-order valence-electron chi connectivity index (χ2n) is 13.1. The average molecular weight is 655 g/mol. The third kappa shape index (κ3) is 5.46. The first kappa shape index (κ1) is 28.9. The van der Waals surface area contributed by atoms with Gasteiger partial charge in [0.25, 0.3) is 0 Å². The predicted octanol–water partition coefficient (Wildman–Crippen LogP) is 8.87. The van der Waals surface area contributed by atoms with Crippen molar-refractivity contribution in [3.63, 3.8) is 0 Å². The number of para-hydroxylation sites is 4. The van der Waals surface area contributed by atoms with Gasteiger partial charge in [0.15, 0.2) is 0 Å². The molecule has 0 spiro atoms. The number of hydrogen-bond acceptors (Lipinski definition) is 4. The van der Waals surface area contributed by atoms with Crippen molar-refractivity contribution in [3.05, 3.63) is 167 Å². The summed E-state index contributed by atoms with van der Waals surface area (Å²) in [6.07, 6.45) is 0. The van der Waals surface area contributed by atoms with Crippen molar-refractivity contribution in [2.75, 3.05) is 16.5 Å². The molecule has 8 aromatic rings. The van der Waals surface area contributed by atoms with Crippen LogP contribution in [-0.4, -0.2) is 26.6 Å². The van der Waals surface area contributed by atoms with Crippen molar-refractivity contribution in [2.45, 2.75) is 13.1 Å². The van der Waals surface area contributed by atoms with E-state index in [4.69, 9.17) is 9.97 Å². The molecule has 0 amide bonds. The SMILES string of the molecule is C(#Cc1ccc2c(c1)CN1CN2Cc2cc(C#Cc3ccc(-c4nc5ccccc5[nH]4)cc3)ccc21)c1ccc(-c2nc3ccccc3[nH]2)cc1. The monoisotopic (exact) mass is 654 g/mol. The number of benzene rings is 6. The van der Waals surface area contributed by atoms with Crippen molar-refractivity contribution in [3.8, 4) is 46.5 Å². The molecular formula is C45H30N6. The van der Waals surface area contributed by atoms with Gasteiger partial charge in [-0.2, -0.15) is 0 Å². The molecule has 2 bridgehead atoms. The molecule has 4 heterocycles. The smallest absolute Gasteiger partial charge is 0.138 e. The van der Waals surface area contributed by atoms with Crippen molar-refractivity contribution >= 4 is 33.4 Å². The van der Waals surface area contributed by atoms with E-state index in [2.05, 4.69) is 128 Å². The molecule has 10 rings (SSSR count). The lowest BCUT2D eigenvalue weighted by Gasteiger charge is -2.44. The molecule has 240 valence electrons. The van der Waals surface area contributed by atoms with E-state index >= 15 is 0 Å². The van der Waals surface area contributed by atoms with Crippen molar-refractivity contribution in [1.82, 2.24) is 19.9 Å². The van der Waals surface area contributed by atoms with Crippen LogP contribution in [0.1, 0.15) is 33.4 Å². The maximum Gasteiger partial charge on any atom is 0.138 e. The van der Waals surface area contributed by atoms with E-state index in [0.717, 1.165) is 86.9 Å². The van der Waals surface area contributed by atoms with Gasteiger partial charge in [0.2, 0.25) is 0 Å². The van der Waals surface area contributed by atoms with Gasteiger partial charge in [0.1, 0.15) is 11.6 Å². The Hall–Kier alpha value is -7.02. The lowest BCUT2D eigenvalue weighted by molar-refractivity contribution is 0.650. The Kier molecular flexibility index (Phi) is 6.72. The van der Waals surface area contributed by atoms with Crippen LogP contribution in [0.4, 0.5) is 11.4 Å². The molecule has 0 saturated heterocycles. The van der Waals surface area contributed by atoms with Gasteiger partial charge in [-0.25, -0.2) is 9.97 Å². The van der Waals surface area contributed by atoms with Crippen LogP contribution in [0.25, 0.3) is 44.8 Å². The van der Waals surface area contributed by atoms with Gasteiger partial charge in [0.05, 0.1) is 28.7 Å². The number of anilines is 2. The Bertz CT molecular complexity index is 2490. The Balaban J connectivity index is 0.833. The highest BCUT2D eigenvalue weighted by Gasteiger charge is 2.29. The maximum absolute atomic E-state index is 4.72. The standard InChI is InChI=1S/C45H30N6/c1-2-6-39-38(5-1)46-44(47-39)34-19-13-30(14-20-34)9-11-32-17-23-42-36(25-32)27-50-29-51(42)28-37-26-33(18-24-43(37)50)12-10-31-15-21-35(22-16-31)45-48-40-7-3-4-8-41(40)49-45/h1-8,13-26H,27-29H2,(H,46,47)(H,48,49). The fraction of sp³-hybridized carbons (Fsp3) is 0.0667. The van der Waals surface area contributed by atoms with E-state index in [1.165, 1.54) is 22.5 Å². The van der Waals surface area contributed by atoms with Crippen LogP contribution >= 0.6 is 0 Å². The lowest BCUT2D eigenvalue weighted by Crippen LogP contribution is -2.46. The summed E-state index contributed by atoms with van der Waals surface area (Å²) in [6.45, 7) is 2.58. The third-order valence-electron chi connectivity index (χ3n) is 9.70. The number of nitrogens with one attached hydrogen (secondary N) is 2. The van der Waals surface area contributed by atoms with Crippen LogP contribution < -0.4 is 9.80 Å². The number of aromatic amines is 2. The quantitative estimate of drug-likeness (QED) is 0.183. The van der Waals surface area contributed by atoms with Crippen molar-refractivity contribution < 1.29 is 0 Å². The van der Waals surface area contributed by atoms with Gasteiger partial charge in [0, 0.05) is 57.8 Å². The highest BCUT2D eigenvalue weighted by molar-refractivity contribution is 5.80. The van der Waals surface area contributed by atoms with E-state index in [-0.39, 0.29) is 0 Å². The molecule has 2 aromatic heterocycles. The molecule has 0 saturated carbocycles. The molecule has 51 heavy (non-hydrogen) atoms. The van der Waals surface area contributed by atoms with E-state index in [0.29, 0.717) is 0 Å². The zero-order chi connectivity index (χ0) is 33.7. The Morgan fingerprint density at radius 3 is 1.31 bits per heavy atom. The highest BCUT2D eigenvalue weighted by Crippen LogP contribution is 2.38. The van der Waals surface area contributed by atoms with Gasteiger partial charge >= 0.3 is 0 Å². The second-order valence-corrected chi connectivity index (χ2v) is 13.1. The molecule has 2 aliphatic rings. The van der Waals surface area contributed by atoms with Gasteiger partial charge in [-0.3, -0.25) is 0 Å². The first-order valence-corrected chi connectivity index (χ1v) is 17.1. The minimum Gasteiger partial charge on any atom is -0.349 e. The molecule has 6 nitrogen and oxygen atoms in total. The molecule has 2 aliphatic heterocycles. The summed E-state index contributed by atoms with van der Waals surface area (Å²) in [7, 11) is 0. The number of fused-ring (bicyclic) bond motifs is 8. The van der Waals surface area contributed by atoms with Gasteiger partial charge in [-0.05, 0) is 96.1 Å². The predicted molar refractivity (Wildman–Crippen MR) is 205 cm³/mol. The molecule has 0 aliphatic carbocycles. The topological polar surface area (TPSA) is 63.8 Å². The molecule has 0 radical (unpaired) electrons. The zero-order valence-corrected chi connectivity index (χ0v) is 27.6. The molecule has 6 heteroatoms. The summed E-state index contributed by atoms with van der Waals surface area (Å²) >= 11 is 0. The Morgan fingerprint density at radius 1 is 0.451 bits per heavy atom. The molecule has 0 fully saturated rings. The summed E-state index contributed by atoms with van der Waals surface area (Å²) in [5.41, 5.74) is 15.3.